The number of hydrogen-bond acceptors (Lipinski definition) is 4. The fourth-order valence-corrected chi connectivity index (χ4v) is 2.64. The smallest absolute Gasteiger partial charge is 0.401 e. The summed E-state index contributed by atoms with van der Waals surface area (Å²) in [5.41, 5.74) is 2.68. The third kappa shape index (κ3) is 3.57. The van der Waals surface area contributed by atoms with Crippen LogP contribution in [-0.4, -0.2) is 20.9 Å². The van der Waals surface area contributed by atoms with Gasteiger partial charge in [-0.25, -0.2) is 9.67 Å². The largest absolute Gasteiger partial charge is 0.436 e. The molecule has 136 valence electrons. The van der Waals surface area contributed by atoms with Crippen molar-refractivity contribution in [3.63, 3.8) is 0 Å². The van der Waals surface area contributed by atoms with Crippen molar-refractivity contribution in [1.82, 2.24) is 14.8 Å². The minimum atomic E-state index is -3.31. The van der Waals surface area contributed by atoms with Gasteiger partial charge in [0.25, 0.3) is 0 Å². The van der Waals surface area contributed by atoms with Crippen molar-refractivity contribution in [2.24, 2.45) is 0 Å². The molecule has 0 unspecified atom stereocenters. The quantitative estimate of drug-likeness (QED) is 0.438. The van der Waals surface area contributed by atoms with Gasteiger partial charge in [0.1, 0.15) is 11.3 Å². The Morgan fingerprint density at radius 2 is 2.04 bits per heavy atom. The van der Waals surface area contributed by atoms with Crippen LogP contribution in [0, 0.1) is 0 Å². The number of ether oxygens (including phenoxy) is 1. The number of nitrogens with zero attached hydrogens (tertiary/aromatic N) is 3. The lowest BCUT2D eigenvalue weighted by Crippen LogP contribution is -2.23. The highest BCUT2D eigenvalue weighted by Crippen LogP contribution is 2.28. The van der Waals surface area contributed by atoms with E-state index in [0.717, 1.165) is 11.6 Å². The number of halogens is 2. The SMILES string of the molecule is C=CCC(F)(F)Oc1cccc(-n2cc(-c3nc4ccccc4o3)cn2)c1. The summed E-state index contributed by atoms with van der Waals surface area (Å²) in [6.07, 6.45) is 0.551. The van der Waals surface area contributed by atoms with Gasteiger partial charge in [-0.2, -0.15) is 13.9 Å². The zero-order chi connectivity index (χ0) is 18.9. The van der Waals surface area contributed by atoms with E-state index in [9.17, 15) is 8.78 Å². The van der Waals surface area contributed by atoms with E-state index in [1.54, 1.807) is 29.2 Å². The molecule has 2 aromatic heterocycles. The van der Waals surface area contributed by atoms with E-state index in [4.69, 9.17) is 9.15 Å². The number of fused-ring (bicyclic) bond motifs is 1. The number of alkyl halides is 2. The van der Waals surface area contributed by atoms with Gasteiger partial charge in [-0.05, 0) is 24.3 Å². The Balaban J connectivity index is 1.61. The second-order valence-corrected chi connectivity index (χ2v) is 5.89. The summed E-state index contributed by atoms with van der Waals surface area (Å²) in [5.74, 6) is 0.477. The van der Waals surface area contributed by atoms with Crippen LogP contribution in [0.3, 0.4) is 0 Å². The van der Waals surface area contributed by atoms with Crippen LogP contribution >= 0.6 is 0 Å². The molecule has 0 spiro atoms. The van der Waals surface area contributed by atoms with Crippen molar-refractivity contribution in [2.75, 3.05) is 0 Å². The highest BCUT2D eigenvalue weighted by Gasteiger charge is 2.29. The Hall–Kier alpha value is -3.48. The van der Waals surface area contributed by atoms with Gasteiger partial charge in [0.15, 0.2) is 5.58 Å². The summed E-state index contributed by atoms with van der Waals surface area (Å²) in [5, 5.41) is 4.26. The molecule has 0 radical (unpaired) electrons. The number of benzene rings is 2. The van der Waals surface area contributed by atoms with Crippen molar-refractivity contribution >= 4 is 11.1 Å². The Morgan fingerprint density at radius 3 is 2.85 bits per heavy atom. The minimum absolute atomic E-state index is 0.0401. The molecule has 27 heavy (non-hydrogen) atoms. The van der Waals surface area contributed by atoms with Crippen molar-refractivity contribution in [2.45, 2.75) is 12.5 Å². The topological polar surface area (TPSA) is 53.1 Å². The van der Waals surface area contributed by atoms with Crippen molar-refractivity contribution in [3.8, 4) is 22.9 Å². The Kier molecular flexibility index (Phi) is 4.19. The van der Waals surface area contributed by atoms with Crippen LogP contribution in [0.2, 0.25) is 0 Å². The highest BCUT2D eigenvalue weighted by atomic mass is 19.3. The molecule has 0 bridgehead atoms. The molecule has 0 N–H and O–H groups in total. The first kappa shape index (κ1) is 17.0. The van der Waals surface area contributed by atoms with Crippen LogP contribution in [0.5, 0.6) is 5.75 Å². The van der Waals surface area contributed by atoms with E-state index in [0.29, 0.717) is 22.7 Å². The fraction of sp³-hybridized carbons (Fsp3) is 0.100. The molecule has 0 amide bonds. The van der Waals surface area contributed by atoms with Crippen molar-refractivity contribution < 1.29 is 17.9 Å². The maximum atomic E-state index is 13.6. The number of rotatable bonds is 6. The van der Waals surface area contributed by atoms with E-state index < -0.39 is 12.5 Å². The Bertz CT molecular complexity index is 1070. The van der Waals surface area contributed by atoms with Crippen LogP contribution < -0.4 is 4.74 Å². The molecule has 0 aliphatic carbocycles. The second-order valence-electron chi connectivity index (χ2n) is 5.89. The molecule has 0 aliphatic rings. The van der Waals surface area contributed by atoms with Gasteiger partial charge >= 0.3 is 6.11 Å². The predicted molar refractivity (Wildman–Crippen MR) is 97.0 cm³/mol. The third-order valence-corrected chi connectivity index (χ3v) is 3.85. The molecule has 4 aromatic rings. The molecular weight excluding hydrogens is 352 g/mol. The lowest BCUT2D eigenvalue weighted by Gasteiger charge is -2.16. The standard InChI is InChI=1S/C20H15F2N3O2/c1-2-10-20(21,22)27-16-7-5-6-15(11-16)25-13-14(12-23-25)19-24-17-8-3-4-9-18(17)26-19/h2-9,11-13H,1,10H2. The molecule has 0 atom stereocenters. The van der Waals surface area contributed by atoms with E-state index in [-0.39, 0.29) is 5.75 Å². The summed E-state index contributed by atoms with van der Waals surface area (Å²) < 4.78 is 39.3. The zero-order valence-corrected chi connectivity index (χ0v) is 14.2. The third-order valence-electron chi connectivity index (χ3n) is 3.85. The molecule has 0 aliphatic heterocycles. The van der Waals surface area contributed by atoms with Gasteiger partial charge in [0.05, 0.1) is 23.9 Å². The summed E-state index contributed by atoms with van der Waals surface area (Å²) >= 11 is 0. The van der Waals surface area contributed by atoms with Crippen LogP contribution in [-0.2, 0) is 0 Å². The minimum Gasteiger partial charge on any atom is -0.436 e. The maximum absolute atomic E-state index is 13.6. The van der Waals surface area contributed by atoms with Gasteiger partial charge in [0, 0.05) is 12.3 Å². The molecular formula is C20H15F2N3O2. The molecule has 5 nitrogen and oxygen atoms in total. The van der Waals surface area contributed by atoms with Crippen LogP contribution in [0.1, 0.15) is 6.42 Å². The van der Waals surface area contributed by atoms with E-state index in [2.05, 4.69) is 16.7 Å². The predicted octanol–water partition coefficient (Wildman–Crippen LogP) is 5.23. The van der Waals surface area contributed by atoms with Crippen LogP contribution in [0.4, 0.5) is 8.78 Å². The maximum Gasteiger partial charge on any atom is 0.401 e. The van der Waals surface area contributed by atoms with E-state index in [1.807, 2.05) is 24.3 Å². The van der Waals surface area contributed by atoms with Crippen LogP contribution in [0.15, 0.2) is 78.0 Å². The lowest BCUT2D eigenvalue weighted by molar-refractivity contribution is -0.172. The molecule has 4 rings (SSSR count). The van der Waals surface area contributed by atoms with Crippen LogP contribution in [0.25, 0.3) is 28.2 Å². The van der Waals surface area contributed by atoms with Crippen molar-refractivity contribution in [1.29, 1.82) is 0 Å². The van der Waals surface area contributed by atoms with Gasteiger partial charge in [-0.3, -0.25) is 0 Å². The van der Waals surface area contributed by atoms with Gasteiger partial charge in [-0.15, -0.1) is 6.58 Å². The highest BCUT2D eigenvalue weighted by molar-refractivity contribution is 5.75. The average Bonchev–Trinajstić information content (AvgIpc) is 3.28. The van der Waals surface area contributed by atoms with Gasteiger partial charge in [-0.1, -0.05) is 24.3 Å². The average molecular weight is 367 g/mol. The first-order valence-electron chi connectivity index (χ1n) is 8.23. The van der Waals surface area contributed by atoms with Gasteiger partial charge < -0.3 is 9.15 Å². The monoisotopic (exact) mass is 367 g/mol. The number of para-hydroxylation sites is 2. The molecule has 2 aromatic carbocycles. The summed E-state index contributed by atoms with van der Waals surface area (Å²) in [7, 11) is 0. The molecule has 7 heteroatoms. The molecule has 2 heterocycles. The first-order valence-corrected chi connectivity index (χ1v) is 8.23. The Labute approximate surface area is 153 Å². The summed E-state index contributed by atoms with van der Waals surface area (Å²) in [6.45, 7) is 3.31. The number of aromatic nitrogens is 3. The number of oxazole rings is 1. The first-order chi connectivity index (χ1) is 13.0. The Morgan fingerprint density at radius 1 is 1.19 bits per heavy atom. The molecule has 0 fully saturated rings. The summed E-state index contributed by atoms with van der Waals surface area (Å²) in [6, 6.07) is 13.7. The second kappa shape index (κ2) is 6.68. The number of hydrogen-bond donors (Lipinski definition) is 0. The van der Waals surface area contributed by atoms with E-state index in [1.165, 1.54) is 12.1 Å². The normalized spacial score (nSPS) is 11.6. The van der Waals surface area contributed by atoms with Gasteiger partial charge in [0.2, 0.25) is 5.89 Å². The molecule has 0 saturated carbocycles. The lowest BCUT2D eigenvalue weighted by atomic mass is 10.3. The summed E-state index contributed by atoms with van der Waals surface area (Å²) in [4.78, 5) is 4.42. The van der Waals surface area contributed by atoms with E-state index >= 15 is 0 Å². The fourth-order valence-electron chi connectivity index (χ4n) is 2.64. The molecule has 0 saturated heterocycles. The zero-order valence-electron chi connectivity index (χ0n) is 14.2. The van der Waals surface area contributed by atoms with Crippen molar-refractivity contribution in [3.05, 3.63) is 73.6 Å².